The zero-order valence-corrected chi connectivity index (χ0v) is 19.9. The maximum Gasteiger partial charge on any atom is 0.249 e. The fourth-order valence-electron chi connectivity index (χ4n) is 4.49. The number of anilines is 1. The molecule has 1 aromatic heterocycles. The van der Waals surface area contributed by atoms with Crippen LogP contribution >= 0.6 is 0 Å². The fourth-order valence-corrected chi connectivity index (χ4v) is 4.49. The molecule has 5 rings (SSSR count). The number of fused-ring (bicyclic) bond motifs is 1. The van der Waals surface area contributed by atoms with E-state index in [1.54, 1.807) is 30.3 Å². The summed E-state index contributed by atoms with van der Waals surface area (Å²) in [7, 11) is 0. The molecule has 0 bridgehead atoms. The Kier molecular flexibility index (Phi) is 7.18. The van der Waals surface area contributed by atoms with Crippen LogP contribution in [0.2, 0.25) is 0 Å². The summed E-state index contributed by atoms with van der Waals surface area (Å²) in [6.45, 7) is 0.564. The molecule has 1 fully saturated rings. The van der Waals surface area contributed by atoms with Crippen LogP contribution in [-0.2, 0) is 20.9 Å². The van der Waals surface area contributed by atoms with Crippen molar-refractivity contribution in [2.45, 2.75) is 31.5 Å². The second-order valence-electron chi connectivity index (χ2n) is 8.78. The van der Waals surface area contributed by atoms with Gasteiger partial charge in [0.1, 0.15) is 29.7 Å². The van der Waals surface area contributed by atoms with Gasteiger partial charge in [0.25, 0.3) is 0 Å². The zero-order valence-electron chi connectivity index (χ0n) is 19.9. The normalized spacial score (nSPS) is 16.0. The number of nitrogens with one attached hydrogen (secondary N) is 1. The minimum absolute atomic E-state index is 0.00784. The number of para-hydroxylation sites is 1. The number of halogens is 2. The molecule has 1 aliphatic heterocycles. The molecule has 0 spiro atoms. The van der Waals surface area contributed by atoms with Crippen molar-refractivity contribution in [2.24, 2.45) is 0 Å². The maximum atomic E-state index is 15.1. The van der Waals surface area contributed by atoms with Gasteiger partial charge in [0.05, 0.1) is 11.6 Å². The smallest absolute Gasteiger partial charge is 0.249 e. The number of hydrogen-bond acceptors (Lipinski definition) is 5. The van der Waals surface area contributed by atoms with E-state index in [9.17, 15) is 14.0 Å². The summed E-state index contributed by atoms with van der Waals surface area (Å²) >= 11 is 0. The van der Waals surface area contributed by atoms with E-state index in [1.807, 2.05) is 0 Å². The first-order chi connectivity index (χ1) is 18.0. The highest BCUT2D eigenvalue weighted by Crippen LogP contribution is 2.30. The molecule has 0 unspecified atom stereocenters. The quantitative estimate of drug-likeness (QED) is 0.394. The molecule has 2 atom stereocenters. The van der Waals surface area contributed by atoms with Gasteiger partial charge in [-0.2, -0.15) is 0 Å². The van der Waals surface area contributed by atoms with E-state index < -0.39 is 29.5 Å². The topological polar surface area (TPSA) is 89.4 Å². The Hall–Kier alpha value is -4.18. The van der Waals surface area contributed by atoms with E-state index >= 15 is 4.39 Å². The number of amides is 2. The van der Waals surface area contributed by atoms with Crippen LogP contribution in [0.25, 0.3) is 11.0 Å². The highest BCUT2D eigenvalue weighted by molar-refractivity contribution is 6.01. The standard InChI is InChI=1S/C27H25F2N5O3/c28-18-11-13-19(14-12-18)34(25(35)17-33-24-10-4-3-9-23(24)31-32-33)26(21-7-1-2-8-22(21)29)27(36)30-16-20-6-5-15-37-20/h1-4,7-14,20,26H,5-6,15-17H2,(H,30,36)/t20-,26+/m1/s1. The SMILES string of the molecule is O=C(NC[C@H]1CCCO1)[C@H](c1ccccc1F)N(C(=O)Cn1nnc2ccccc21)c1ccc(F)cc1. The van der Waals surface area contributed by atoms with Crippen LogP contribution in [-0.4, -0.2) is 46.1 Å². The first-order valence-electron chi connectivity index (χ1n) is 12.0. The average Bonchev–Trinajstić information content (AvgIpc) is 3.58. The van der Waals surface area contributed by atoms with Crippen molar-refractivity contribution in [1.29, 1.82) is 0 Å². The van der Waals surface area contributed by atoms with Gasteiger partial charge in [0.2, 0.25) is 11.8 Å². The van der Waals surface area contributed by atoms with E-state index in [-0.39, 0.29) is 30.4 Å². The lowest BCUT2D eigenvalue weighted by molar-refractivity contribution is -0.127. The second-order valence-corrected chi connectivity index (χ2v) is 8.78. The van der Waals surface area contributed by atoms with Crippen molar-refractivity contribution < 1.29 is 23.1 Å². The first kappa shape index (κ1) is 24.5. The third kappa shape index (κ3) is 5.34. The average molecular weight is 506 g/mol. The van der Waals surface area contributed by atoms with Gasteiger partial charge < -0.3 is 10.1 Å². The number of carbonyl (C=O) groups excluding carboxylic acids is 2. The minimum atomic E-state index is -1.37. The van der Waals surface area contributed by atoms with Gasteiger partial charge in [0, 0.05) is 24.4 Å². The Morgan fingerprint density at radius 3 is 2.57 bits per heavy atom. The molecule has 8 nitrogen and oxygen atoms in total. The third-order valence-corrected chi connectivity index (χ3v) is 6.31. The largest absolute Gasteiger partial charge is 0.376 e. The van der Waals surface area contributed by atoms with Crippen molar-refractivity contribution in [3.05, 3.63) is 90.0 Å². The molecule has 1 aliphatic rings. The number of ether oxygens (including phenoxy) is 1. The molecule has 3 aromatic carbocycles. The summed E-state index contributed by atoms with van der Waals surface area (Å²) in [5, 5.41) is 11.0. The molecule has 37 heavy (non-hydrogen) atoms. The van der Waals surface area contributed by atoms with Crippen LogP contribution in [0.5, 0.6) is 0 Å². The van der Waals surface area contributed by atoms with Crippen LogP contribution in [0.3, 0.4) is 0 Å². The van der Waals surface area contributed by atoms with Crippen molar-refractivity contribution in [2.75, 3.05) is 18.1 Å². The molecule has 10 heteroatoms. The molecule has 1 saturated heterocycles. The maximum absolute atomic E-state index is 15.1. The highest BCUT2D eigenvalue weighted by Gasteiger charge is 2.35. The van der Waals surface area contributed by atoms with E-state index in [1.165, 1.54) is 52.0 Å². The summed E-state index contributed by atoms with van der Waals surface area (Å²) in [6.07, 6.45) is 1.54. The van der Waals surface area contributed by atoms with Gasteiger partial charge in [-0.05, 0) is 55.3 Å². The Labute approximate surface area is 211 Å². The number of aromatic nitrogens is 3. The summed E-state index contributed by atoms with van der Waals surface area (Å²) in [6, 6.07) is 16.7. The van der Waals surface area contributed by atoms with E-state index in [0.29, 0.717) is 17.6 Å². The molecule has 0 aliphatic carbocycles. The Morgan fingerprint density at radius 2 is 1.81 bits per heavy atom. The molecule has 2 heterocycles. The molecule has 4 aromatic rings. The van der Waals surface area contributed by atoms with Gasteiger partial charge in [-0.1, -0.05) is 35.5 Å². The lowest BCUT2D eigenvalue weighted by atomic mass is 10.0. The highest BCUT2D eigenvalue weighted by atomic mass is 19.1. The molecule has 0 saturated carbocycles. The zero-order chi connectivity index (χ0) is 25.8. The van der Waals surface area contributed by atoms with Crippen LogP contribution in [0.1, 0.15) is 24.4 Å². The van der Waals surface area contributed by atoms with Gasteiger partial charge >= 0.3 is 0 Å². The Bertz CT molecular complexity index is 1400. The Balaban J connectivity index is 1.54. The third-order valence-electron chi connectivity index (χ3n) is 6.31. The van der Waals surface area contributed by atoms with Crippen LogP contribution < -0.4 is 10.2 Å². The first-order valence-corrected chi connectivity index (χ1v) is 12.0. The van der Waals surface area contributed by atoms with E-state index in [2.05, 4.69) is 15.6 Å². The van der Waals surface area contributed by atoms with Crippen LogP contribution in [0.15, 0.2) is 72.8 Å². The van der Waals surface area contributed by atoms with Crippen molar-refractivity contribution in [1.82, 2.24) is 20.3 Å². The molecule has 0 radical (unpaired) electrons. The summed E-state index contributed by atoms with van der Waals surface area (Å²) < 4.78 is 35.9. The predicted octanol–water partition coefficient (Wildman–Crippen LogP) is 3.78. The molecule has 190 valence electrons. The van der Waals surface area contributed by atoms with E-state index in [0.717, 1.165) is 12.8 Å². The number of nitrogens with zero attached hydrogens (tertiary/aromatic N) is 4. The van der Waals surface area contributed by atoms with Crippen LogP contribution in [0.4, 0.5) is 14.5 Å². The Morgan fingerprint density at radius 1 is 1.05 bits per heavy atom. The van der Waals surface area contributed by atoms with Crippen LogP contribution in [0, 0.1) is 11.6 Å². The lowest BCUT2D eigenvalue weighted by Gasteiger charge is -2.32. The molecule has 2 amide bonds. The molecule has 1 N–H and O–H groups in total. The molecular weight excluding hydrogens is 480 g/mol. The minimum Gasteiger partial charge on any atom is -0.376 e. The lowest BCUT2D eigenvalue weighted by Crippen LogP contribution is -2.47. The van der Waals surface area contributed by atoms with Gasteiger partial charge in [-0.3, -0.25) is 14.5 Å². The van der Waals surface area contributed by atoms with Crippen molar-refractivity contribution in [3.8, 4) is 0 Å². The molecular formula is C27H25F2N5O3. The summed E-state index contributed by atoms with van der Waals surface area (Å²) in [5.74, 6) is -2.29. The van der Waals surface area contributed by atoms with E-state index in [4.69, 9.17) is 4.74 Å². The number of carbonyl (C=O) groups is 2. The monoisotopic (exact) mass is 505 g/mol. The predicted molar refractivity (Wildman–Crippen MR) is 133 cm³/mol. The fraction of sp³-hybridized carbons (Fsp3) is 0.259. The number of benzene rings is 3. The number of hydrogen-bond donors (Lipinski definition) is 1. The van der Waals surface area contributed by atoms with Gasteiger partial charge in [-0.25, -0.2) is 13.5 Å². The summed E-state index contributed by atoms with van der Waals surface area (Å²) in [5.41, 5.74) is 1.47. The summed E-state index contributed by atoms with van der Waals surface area (Å²) in [4.78, 5) is 28.6. The van der Waals surface area contributed by atoms with Crippen molar-refractivity contribution in [3.63, 3.8) is 0 Å². The number of rotatable bonds is 8. The second kappa shape index (κ2) is 10.8. The van der Waals surface area contributed by atoms with Gasteiger partial charge in [-0.15, -0.1) is 5.10 Å². The van der Waals surface area contributed by atoms with Gasteiger partial charge in [0.15, 0.2) is 0 Å². The van der Waals surface area contributed by atoms with Crippen molar-refractivity contribution >= 4 is 28.5 Å².